The molecule has 3 rings (SSSR count). The van der Waals surface area contributed by atoms with E-state index in [9.17, 15) is 19.7 Å². The molecule has 1 aromatic heterocycles. The van der Waals surface area contributed by atoms with E-state index >= 15 is 0 Å². The molecule has 3 aromatic rings. The number of nitrogens with one attached hydrogen (secondary N) is 1. The molecule has 0 unspecified atom stereocenters. The minimum Gasteiger partial charge on any atom is -0.452 e. The highest BCUT2D eigenvalue weighted by Gasteiger charge is 2.18. The minimum absolute atomic E-state index is 0.0481. The predicted octanol–water partition coefficient (Wildman–Crippen LogP) is 2.81. The third kappa shape index (κ3) is 4.07. The maximum atomic E-state index is 12.2. The Kier molecular flexibility index (Phi) is 5.50. The summed E-state index contributed by atoms with van der Waals surface area (Å²) in [6, 6.07) is 8.55. The number of fused-ring (bicyclic) bond motifs is 1. The molecule has 0 atom stereocenters. The first-order valence-electron chi connectivity index (χ1n) is 8.13. The van der Waals surface area contributed by atoms with Crippen molar-refractivity contribution in [3.05, 3.63) is 57.1 Å². The number of carbonyl (C=O) groups excluding carboxylic acids is 2. The van der Waals surface area contributed by atoms with Crippen LogP contribution < -0.4 is 5.32 Å². The number of carbonyl (C=O) groups is 2. The molecule has 0 aliphatic heterocycles. The van der Waals surface area contributed by atoms with Crippen molar-refractivity contribution in [1.29, 1.82) is 0 Å². The third-order valence-electron chi connectivity index (χ3n) is 3.81. The first-order valence-corrected chi connectivity index (χ1v) is 8.51. The summed E-state index contributed by atoms with van der Waals surface area (Å²) >= 11 is 5.72. The number of nitrogens with zero attached hydrogens (tertiary/aromatic N) is 4. The molecule has 1 amide bonds. The fourth-order valence-electron chi connectivity index (χ4n) is 2.49. The Hall–Kier alpha value is -3.53. The lowest BCUT2D eigenvalue weighted by Gasteiger charge is -2.07. The monoisotopic (exact) mass is 403 g/mol. The van der Waals surface area contributed by atoms with E-state index in [1.165, 1.54) is 18.2 Å². The van der Waals surface area contributed by atoms with E-state index in [0.29, 0.717) is 12.1 Å². The number of benzene rings is 2. The van der Waals surface area contributed by atoms with Crippen LogP contribution in [0.4, 0.5) is 11.4 Å². The van der Waals surface area contributed by atoms with Gasteiger partial charge in [-0.05, 0) is 37.3 Å². The first-order chi connectivity index (χ1) is 13.4. The Labute approximate surface area is 163 Å². The number of aromatic nitrogens is 3. The molecule has 0 saturated heterocycles. The number of nitro benzene ring substituents is 1. The first kappa shape index (κ1) is 19.2. The molecule has 10 nitrogen and oxygen atoms in total. The molecule has 0 saturated carbocycles. The van der Waals surface area contributed by atoms with Gasteiger partial charge in [0, 0.05) is 17.6 Å². The zero-order valence-electron chi connectivity index (χ0n) is 14.6. The van der Waals surface area contributed by atoms with Crippen molar-refractivity contribution >= 4 is 45.9 Å². The zero-order chi connectivity index (χ0) is 20.3. The number of ether oxygens (including phenoxy) is 1. The maximum absolute atomic E-state index is 12.2. The quantitative estimate of drug-likeness (QED) is 0.380. The van der Waals surface area contributed by atoms with Crippen LogP contribution in [0.3, 0.4) is 0 Å². The van der Waals surface area contributed by atoms with Crippen LogP contribution in [0.25, 0.3) is 11.0 Å². The number of esters is 1. The van der Waals surface area contributed by atoms with Crippen molar-refractivity contribution in [1.82, 2.24) is 15.0 Å². The van der Waals surface area contributed by atoms with Gasteiger partial charge in [-0.3, -0.25) is 14.9 Å². The highest BCUT2D eigenvalue weighted by molar-refractivity contribution is 6.31. The van der Waals surface area contributed by atoms with Crippen molar-refractivity contribution in [2.75, 3.05) is 11.9 Å². The Balaban J connectivity index is 1.65. The second-order valence-corrected chi connectivity index (χ2v) is 6.09. The highest BCUT2D eigenvalue weighted by Crippen LogP contribution is 2.27. The molecule has 1 N–H and O–H groups in total. The summed E-state index contributed by atoms with van der Waals surface area (Å²) in [5, 5.41) is 21.4. The van der Waals surface area contributed by atoms with Gasteiger partial charge in [-0.15, -0.1) is 5.10 Å². The number of anilines is 1. The van der Waals surface area contributed by atoms with Gasteiger partial charge in [0.05, 0.1) is 16.0 Å². The standard InChI is InChI=1S/C17H14ClN5O5/c1-2-22-14-6-3-10(7-13(14)20-21-22)17(25)28-9-16(24)19-12-5-4-11(18)8-15(12)23(26)27/h3-8H,2,9H2,1H3,(H,19,24). The van der Waals surface area contributed by atoms with Crippen molar-refractivity contribution in [2.24, 2.45) is 0 Å². The molecule has 2 aromatic carbocycles. The molecular weight excluding hydrogens is 390 g/mol. The molecule has 0 fully saturated rings. The van der Waals surface area contributed by atoms with Crippen LogP contribution in [-0.2, 0) is 16.1 Å². The normalized spacial score (nSPS) is 10.6. The van der Waals surface area contributed by atoms with E-state index in [0.717, 1.165) is 11.6 Å². The summed E-state index contributed by atoms with van der Waals surface area (Å²) in [5.74, 6) is -1.45. The Bertz CT molecular complexity index is 1080. The minimum atomic E-state index is -0.728. The molecular formula is C17H14ClN5O5. The summed E-state index contributed by atoms with van der Waals surface area (Å²) < 4.78 is 6.64. The summed E-state index contributed by atoms with van der Waals surface area (Å²) in [7, 11) is 0. The highest BCUT2D eigenvalue weighted by atomic mass is 35.5. The molecule has 0 bridgehead atoms. The zero-order valence-corrected chi connectivity index (χ0v) is 15.3. The van der Waals surface area contributed by atoms with Crippen LogP contribution in [-0.4, -0.2) is 38.4 Å². The van der Waals surface area contributed by atoms with E-state index < -0.39 is 23.4 Å². The van der Waals surface area contributed by atoms with Crippen molar-refractivity contribution in [3.63, 3.8) is 0 Å². The number of hydrogen-bond acceptors (Lipinski definition) is 7. The third-order valence-corrected chi connectivity index (χ3v) is 4.05. The molecule has 144 valence electrons. The predicted molar refractivity (Wildman–Crippen MR) is 100 cm³/mol. The van der Waals surface area contributed by atoms with Gasteiger partial charge in [-0.1, -0.05) is 16.8 Å². The number of halogens is 1. The van der Waals surface area contributed by atoms with Crippen LogP contribution in [0, 0.1) is 10.1 Å². The van der Waals surface area contributed by atoms with Gasteiger partial charge < -0.3 is 10.1 Å². The SMILES string of the molecule is CCn1nnc2cc(C(=O)OCC(=O)Nc3ccc(Cl)cc3[N+](=O)[O-])ccc21. The van der Waals surface area contributed by atoms with E-state index in [2.05, 4.69) is 15.6 Å². The van der Waals surface area contributed by atoms with Gasteiger partial charge in [-0.2, -0.15) is 0 Å². The summed E-state index contributed by atoms with van der Waals surface area (Å²) in [4.78, 5) is 34.5. The lowest BCUT2D eigenvalue weighted by Crippen LogP contribution is -2.21. The Morgan fingerprint density at radius 1 is 1.29 bits per heavy atom. The van der Waals surface area contributed by atoms with E-state index in [4.69, 9.17) is 16.3 Å². The molecule has 1 heterocycles. The molecule has 0 aliphatic rings. The van der Waals surface area contributed by atoms with Crippen LogP contribution in [0.1, 0.15) is 17.3 Å². The smallest absolute Gasteiger partial charge is 0.338 e. The van der Waals surface area contributed by atoms with Crippen molar-refractivity contribution < 1.29 is 19.2 Å². The van der Waals surface area contributed by atoms with Crippen LogP contribution in [0.2, 0.25) is 5.02 Å². The van der Waals surface area contributed by atoms with Gasteiger partial charge >= 0.3 is 5.97 Å². The molecule has 28 heavy (non-hydrogen) atoms. The van der Waals surface area contributed by atoms with Crippen LogP contribution in [0.15, 0.2) is 36.4 Å². The number of rotatable bonds is 6. The van der Waals surface area contributed by atoms with Crippen LogP contribution >= 0.6 is 11.6 Å². The van der Waals surface area contributed by atoms with Crippen molar-refractivity contribution in [2.45, 2.75) is 13.5 Å². The average Bonchev–Trinajstić information content (AvgIpc) is 3.09. The summed E-state index contributed by atoms with van der Waals surface area (Å²) in [5.41, 5.74) is 1.09. The molecule has 0 spiro atoms. The molecule has 11 heteroatoms. The number of hydrogen-bond donors (Lipinski definition) is 1. The number of nitro groups is 1. The average molecular weight is 404 g/mol. The fourth-order valence-corrected chi connectivity index (χ4v) is 2.66. The fraction of sp³-hybridized carbons (Fsp3) is 0.176. The largest absolute Gasteiger partial charge is 0.452 e. The van der Waals surface area contributed by atoms with Crippen molar-refractivity contribution in [3.8, 4) is 0 Å². The van der Waals surface area contributed by atoms with Gasteiger partial charge in [0.1, 0.15) is 11.2 Å². The van der Waals surface area contributed by atoms with Crippen LogP contribution in [0.5, 0.6) is 0 Å². The second-order valence-electron chi connectivity index (χ2n) is 5.65. The summed E-state index contributed by atoms with van der Waals surface area (Å²) in [6.45, 7) is 1.94. The van der Waals surface area contributed by atoms with E-state index in [1.807, 2.05) is 6.92 Å². The van der Waals surface area contributed by atoms with Gasteiger partial charge in [0.2, 0.25) is 0 Å². The topological polar surface area (TPSA) is 129 Å². The Morgan fingerprint density at radius 2 is 2.07 bits per heavy atom. The second kappa shape index (κ2) is 8.01. The van der Waals surface area contributed by atoms with Gasteiger partial charge in [0.25, 0.3) is 11.6 Å². The summed E-state index contributed by atoms with van der Waals surface area (Å²) in [6.07, 6.45) is 0. The van der Waals surface area contributed by atoms with Gasteiger partial charge in [0.15, 0.2) is 6.61 Å². The van der Waals surface area contributed by atoms with E-state index in [-0.39, 0.29) is 22.0 Å². The molecule has 0 aliphatic carbocycles. The van der Waals surface area contributed by atoms with Gasteiger partial charge in [-0.25, -0.2) is 9.48 Å². The maximum Gasteiger partial charge on any atom is 0.338 e. The van der Waals surface area contributed by atoms with E-state index in [1.54, 1.807) is 16.8 Å². The lowest BCUT2D eigenvalue weighted by molar-refractivity contribution is -0.383. The number of aryl methyl sites for hydroxylation is 1. The Morgan fingerprint density at radius 3 is 2.79 bits per heavy atom. The molecule has 0 radical (unpaired) electrons. The lowest BCUT2D eigenvalue weighted by atomic mass is 10.2. The number of amides is 1.